The van der Waals surface area contributed by atoms with E-state index in [1.165, 1.54) is 0 Å². The van der Waals surface area contributed by atoms with Crippen molar-refractivity contribution in [2.45, 2.75) is 6.42 Å². The lowest BCUT2D eigenvalue weighted by atomic mass is 10.4. The Morgan fingerprint density at radius 1 is 0.247 bits per heavy atom. The van der Waals surface area contributed by atoms with Gasteiger partial charge in [0.2, 0.25) is 10.8 Å². The van der Waals surface area contributed by atoms with Crippen LogP contribution in [-0.4, -0.2) is 330 Å². The largest absolute Gasteiger partial charge is 0.379 e. The average Bonchev–Trinajstić information content (AvgIpc) is 3.48. The molecule has 30 heteroatoms. The SMILES string of the molecule is N=[N+]=NCCOCCOCCOCCOCCOCCOCCOCCOCCOCCOCCOCCOCCOCCOCCOCCOCCOCCOCCOCCOCCOCCOCCOCCOCCC(=O)NN. The standard InChI is InChI=1S/C51H103N5O25/c52-55-51(57)1-3-58-5-7-60-9-11-62-13-15-64-17-19-66-21-23-68-25-27-70-29-31-72-33-35-74-37-39-76-41-43-78-45-47-80-49-50-81-48-46-79-44-42-77-40-38-75-36-34-73-32-30-71-28-26-69-24-22-67-20-18-65-16-14-63-12-10-61-8-6-59-4-2-54-56-53/h52H,1-50H2,(H2,53,54)/p+1. The van der Waals surface area contributed by atoms with Crippen LogP contribution in [0, 0.1) is 5.53 Å². The first kappa shape index (κ1) is 78.8. The molecule has 30 nitrogen and oxygen atoms in total. The fourth-order valence-electron chi connectivity index (χ4n) is 5.55. The van der Waals surface area contributed by atoms with Gasteiger partial charge in [0.05, 0.1) is 324 Å². The van der Waals surface area contributed by atoms with Crippen LogP contribution in [0.15, 0.2) is 5.11 Å². The van der Waals surface area contributed by atoms with Gasteiger partial charge in [-0.05, 0) is 0 Å². The van der Waals surface area contributed by atoms with E-state index in [0.717, 1.165) is 0 Å². The second-order valence-electron chi connectivity index (χ2n) is 16.0. The second-order valence-corrected chi connectivity index (χ2v) is 16.0. The topological polar surface area (TPSA) is 327 Å². The minimum atomic E-state index is -0.265. The molecule has 0 atom stereocenters. The molecule has 81 heavy (non-hydrogen) atoms. The number of nitrogens with zero attached hydrogens (tertiary/aromatic N) is 2. The summed E-state index contributed by atoms with van der Waals surface area (Å²) in [7, 11) is 0. The van der Waals surface area contributed by atoms with Crippen molar-refractivity contribution in [3.05, 3.63) is 0 Å². The Morgan fingerprint density at radius 3 is 0.494 bits per heavy atom. The highest BCUT2D eigenvalue weighted by Gasteiger charge is 2.02. The number of amides is 1. The van der Waals surface area contributed by atoms with Crippen molar-refractivity contribution in [3.8, 4) is 0 Å². The molecule has 0 spiro atoms. The van der Waals surface area contributed by atoms with E-state index in [9.17, 15) is 4.79 Å². The number of hydrogen-bond acceptors (Lipinski definition) is 28. The van der Waals surface area contributed by atoms with Crippen LogP contribution in [0.4, 0.5) is 0 Å². The molecule has 0 aromatic carbocycles. The number of rotatable bonds is 75. The monoisotopic (exact) mass is 1190 g/mol. The lowest BCUT2D eigenvalue weighted by Gasteiger charge is -2.09. The zero-order valence-corrected chi connectivity index (χ0v) is 48.5. The predicted octanol–water partition coefficient (Wildman–Crippen LogP) is -0.685. The maximum atomic E-state index is 11.0. The molecule has 0 fully saturated rings. The fourth-order valence-corrected chi connectivity index (χ4v) is 5.55. The van der Waals surface area contributed by atoms with Crippen molar-refractivity contribution >= 4 is 5.91 Å². The summed E-state index contributed by atoms with van der Waals surface area (Å²) < 4.78 is 131. The predicted molar refractivity (Wildman–Crippen MR) is 289 cm³/mol. The molecule has 0 heterocycles. The van der Waals surface area contributed by atoms with Gasteiger partial charge in [0, 0.05) is 0 Å². The quantitative estimate of drug-likeness (QED) is 0.0170. The number of hydrazine groups is 1. The fraction of sp³-hybridized carbons (Fsp3) is 0.980. The molecule has 0 saturated heterocycles. The molecule has 0 radical (unpaired) electrons. The zero-order valence-electron chi connectivity index (χ0n) is 48.5. The summed E-state index contributed by atoms with van der Waals surface area (Å²) in [4.78, 5) is 13.9. The molecule has 0 aliphatic carbocycles. The molecule has 482 valence electrons. The Balaban J connectivity index is 3.09. The highest BCUT2D eigenvalue weighted by Crippen LogP contribution is 1.92. The molecule has 0 bridgehead atoms. The van der Waals surface area contributed by atoms with E-state index in [-0.39, 0.29) is 12.3 Å². The smallest absolute Gasteiger partial charge is 0.236 e. The summed E-state index contributed by atoms with van der Waals surface area (Å²) in [5, 5.41) is 3.49. The summed E-state index contributed by atoms with van der Waals surface area (Å²) in [6.07, 6.45) is 0.222. The van der Waals surface area contributed by atoms with Crippen molar-refractivity contribution < 1.29 is 118 Å². The molecule has 4 N–H and O–H groups in total. The van der Waals surface area contributed by atoms with E-state index in [0.29, 0.717) is 324 Å². The van der Waals surface area contributed by atoms with Crippen molar-refractivity contribution in [1.29, 1.82) is 5.53 Å². The minimum absolute atomic E-state index is 0.222. The Labute approximate surface area is 480 Å². The van der Waals surface area contributed by atoms with Gasteiger partial charge < -0.3 is 114 Å². The Bertz CT molecular complexity index is 1240. The minimum Gasteiger partial charge on any atom is -0.379 e. The van der Waals surface area contributed by atoms with Crippen LogP contribution >= 0.6 is 0 Å². The summed E-state index contributed by atoms with van der Waals surface area (Å²) in [6, 6.07) is 0. The van der Waals surface area contributed by atoms with Gasteiger partial charge in [0.15, 0.2) is 0 Å². The van der Waals surface area contributed by atoms with Gasteiger partial charge in [-0.15, -0.1) is 0 Å². The number of carbonyl (C=O) groups excluding carboxylic acids is 1. The maximum absolute atomic E-state index is 11.0. The van der Waals surface area contributed by atoms with Crippen LogP contribution in [0.2, 0.25) is 0 Å². The number of carbonyl (C=O) groups is 1. The van der Waals surface area contributed by atoms with E-state index in [1.807, 2.05) is 5.43 Å². The third kappa shape index (κ3) is 75.8. The molecule has 0 unspecified atom stereocenters. The van der Waals surface area contributed by atoms with Crippen LogP contribution in [0.1, 0.15) is 6.42 Å². The zero-order chi connectivity index (χ0) is 58.0. The van der Waals surface area contributed by atoms with Gasteiger partial charge in [-0.1, -0.05) is 0 Å². The van der Waals surface area contributed by atoms with E-state index in [1.54, 1.807) is 0 Å². The van der Waals surface area contributed by atoms with Crippen LogP contribution in [0.3, 0.4) is 0 Å². The third-order valence-electron chi connectivity index (χ3n) is 9.60. The first-order chi connectivity index (χ1) is 40.3. The lowest BCUT2D eigenvalue weighted by Crippen LogP contribution is -2.30. The van der Waals surface area contributed by atoms with Crippen LogP contribution in [-0.2, 0) is 118 Å². The van der Waals surface area contributed by atoms with Gasteiger partial charge in [-0.2, -0.15) is 0 Å². The van der Waals surface area contributed by atoms with Crippen molar-refractivity contribution in [2.24, 2.45) is 11.0 Å². The van der Waals surface area contributed by atoms with Gasteiger partial charge in [-0.3, -0.25) is 10.2 Å². The van der Waals surface area contributed by atoms with Crippen LogP contribution in [0.25, 0.3) is 0 Å². The van der Waals surface area contributed by atoms with Gasteiger partial charge in [0.1, 0.15) is 17.2 Å². The van der Waals surface area contributed by atoms with Crippen molar-refractivity contribution in [2.75, 3.05) is 324 Å². The molecule has 0 aliphatic heterocycles. The lowest BCUT2D eigenvalue weighted by molar-refractivity contribution is -0.122. The van der Waals surface area contributed by atoms with Gasteiger partial charge in [0.25, 0.3) is 0 Å². The first-order valence-corrected chi connectivity index (χ1v) is 28.2. The van der Waals surface area contributed by atoms with E-state index in [2.05, 4.69) is 10.0 Å². The summed E-state index contributed by atoms with van der Waals surface area (Å²) in [5.41, 5.74) is 8.58. The summed E-state index contributed by atoms with van der Waals surface area (Å²) in [6.45, 7) is 23.1. The van der Waals surface area contributed by atoms with E-state index in [4.69, 9.17) is 125 Å². The number of nitrogens with one attached hydrogen (secondary N) is 2. The number of ether oxygens (including phenoxy) is 24. The van der Waals surface area contributed by atoms with Crippen molar-refractivity contribution in [3.63, 3.8) is 0 Å². The highest BCUT2D eigenvalue weighted by molar-refractivity contribution is 5.75. The molecular formula is C51H104N5O25+. The van der Waals surface area contributed by atoms with E-state index < -0.39 is 0 Å². The molecule has 0 aliphatic rings. The normalized spacial score (nSPS) is 11.5. The second kappa shape index (κ2) is 75.8. The Hall–Kier alpha value is -2.22. The van der Waals surface area contributed by atoms with Crippen molar-refractivity contribution in [1.82, 2.24) is 10.3 Å². The molecular weight excluding hydrogens is 1080 g/mol. The number of hydrogen-bond donors (Lipinski definition) is 3. The van der Waals surface area contributed by atoms with Crippen LogP contribution < -0.4 is 16.2 Å². The third-order valence-corrected chi connectivity index (χ3v) is 9.60. The van der Waals surface area contributed by atoms with Gasteiger partial charge in [-0.25, -0.2) is 5.84 Å². The maximum Gasteiger partial charge on any atom is 0.236 e. The summed E-state index contributed by atoms with van der Waals surface area (Å²) in [5.74, 6) is 4.73. The molecule has 0 saturated carbocycles. The van der Waals surface area contributed by atoms with E-state index >= 15 is 0 Å². The highest BCUT2D eigenvalue weighted by atomic mass is 16.6. The molecule has 1 amide bonds. The van der Waals surface area contributed by atoms with Gasteiger partial charge >= 0.3 is 0 Å². The molecule has 0 aromatic rings. The Kier molecular flexibility index (Phi) is 73.7. The molecule has 0 rings (SSSR count). The Morgan fingerprint density at radius 2 is 0.370 bits per heavy atom. The number of nitrogens with two attached hydrogens (primary N) is 1. The first-order valence-electron chi connectivity index (χ1n) is 28.2. The molecule has 0 aromatic heterocycles. The summed E-state index contributed by atoms with van der Waals surface area (Å²) >= 11 is 0. The van der Waals surface area contributed by atoms with Crippen LogP contribution in [0.5, 0.6) is 0 Å². The average molecular weight is 1190 g/mol.